The van der Waals surface area contributed by atoms with Crippen LogP contribution in [0.15, 0.2) is 52.0 Å². The molecular weight excluding hydrogens is 486 g/mol. The molecule has 10 heteroatoms. The number of hydrazone groups is 1. The van der Waals surface area contributed by atoms with Gasteiger partial charge in [-0.25, -0.2) is 14.6 Å². The van der Waals surface area contributed by atoms with Gasteiger partial charge < -0.3 is 13.9 Å². The number of hydrogen-bond donors (Lipinski definition) is 1. The minimum absolute atomic E-state index is 0.0379. The predicted molar refractivity (Wildman–Crippen MR) is 124 cm³/mol. The number of esters is 1. The standard InChI is InChI=1S/C24H19Cl2FN2O5/c1-13-22-18(28-29-21(30)12-32-19-10-5-14(25)11-17(19)26)3-2-4-20(22)34-23(13)24(31)33-16-8-6-15(27)7-9-16/h5-11H,2-4,12H2,1H3,(H,29,30)/b28-18+. The van der Waals surface area contributed by atoms with Crippen LogP contribution in [0.1, 0.15) is 40.3 Å². The highest BCUT2D eigenvalue weighted by molar-refractivity contribution is 6.35. The molecule has 0 fully saturated rings. The van der Waals surface area contributed by atoms with Crippen molar-refractivity contribution in [2.45, 2.75) is 26.2 Å². The maximum absolute atomic E-state index is 13.1. The average molecular weight is 505 g/mol. The molecule has 0 saturated carbocycles. The van der Waals surface area contributed by atoms with E-state index >= 15 is 0 Å². The molecule has 0 radical (unpaired) electrons. The maximum atomic E-state index is 13.1. The van der Waals surface area contributed by atoms with E-state index in [0.29, 0.717) is 46.2 Å². The first-order valence-electron chi connectivity index (χ1n) is 10.4. The van der Waals surface area contributed by atoms with Crippen LogP contribution in [0.4, 0.5) is 4.39 Å². The van der Waals surface area contributed by atoms with E-state index in [9.17, 15) is 14.0 Å². The molecule has 0 atom stereocenters. The van der Waals surface area contributed by atoms with E-state index in [1.807, 2.05) is 0 Å². The summed E-state index contributed by atoms with van der Waals surface area (Å²) < 4.78 is 29.6. The molecule has 1 heterocycles. The van der Waals surface area contributed by atoms with Gasteiger partial charge >= 0.3 is 5.97 Å². The van der Waals surface area contributed by atoms with Crippen LogP contribution in [0, 0.1) is 12.7 Å². The Morgan fingerprint density at radius 2 is 1.91 bits per heavy atom. The lowest BCUT2D eigenvalue weighted by atomic mass is 9.93. The summed E-state index contributed by atoms with van der Waals surface area (Å²) >= 11 is 11.9. The van der Waals surface area contributed by atoms with Gasteiger partial charge in [-0.2, -0.15) is 5.10 Å². The zero-order chi connectivity index (χ0) is 24.2. The minimum atomic E-state index is -0.699. The highest BCUT2D eigenvalue weighted by Gasteiger charge is 2.29. The first-order valence-corrected chi connectivity index (χ1v) is 11.1. The van der Waals surface area contributed by atoms with Gasteiger partial charge in [0.2, 0.25) is 5.76 Å². The van der Waals surface area contributed by atoms with Crippen LogP contribution in [0.5, 0.6) is 11.5 Å². The summed E-state index contributed by atoms with van der Waals surface area (Å²) in [6.45, 7) is 1.42. The molecule has 1 aromatic heterocycles. The van der Waals surface area contributed by atoms with Crippen LogP contribution < -0.4 is 14.9 Å². The Bertz CT molecular complexity index is 1270. The van der Waals surface area contributed by atoms with Gasteiger partial charge in [-0.1, -0.05) is 23.2 Å². The topological polar surface area (TPSA) is 90.1 Å². The van der Waals surface area contributed by atoms with Crippen molar-refractivity contribution in [2.24, 2.45) is 5.10 Å². The van der Waals surface area contributed by atoms with Gasteiger partial charge in [-0.3, -0.25) is 4.79 Å². The Hall–Kier alpha value is -3.36. The van der Waals surface area contributed by atoms with Crippen molar-refractivity contribution in [3.8, 4) is 11.5 Å². The molecule has 1 aliphatic carbocycles. The highest BCUT2D eigenvalue weighted by atomic mass is 35.5. The number of benzene rings is 2. The smallest absolute Gasteiger partial charge is 0.379 e. The minimum Gasteiger partial charge on any atom is -0.482 e. The SMILES string of the molecule is Cc1c(C(=O)Oc2ccc(F)cc2)oc2c1/C(=N/NC(=O)COc1ccc(Cl)cc1Cl)CCC2. The van der Waals surface area contributed by atoms with E-state index in [-0.39, 0.29) is 23.1 Å². The Labute approximate surface area is 204 Å². The van der Waals surface area contributed by atoms with Crippen LogP contribution in [0.3, 0.4) is 0 Å². The van der Waals surface area contributed by atoms with E-state index < -0.39 is 17.7 Å². The van der Waals surface area contributed by atoms with Crippen molar-refractivity contribution in [1.82, 2.24) is 5.43 Å². The molecule has 2 aromatic carbocycles. The lowest BCUT2D eigenvalue weighted by Gasteiger charge is -2.13. The molecule has 1 amide bonds. The number of furan rings is 1. The van der Waals surface area contributed by atoms with Gasteiger partial charge in [0.1, 0.15) is 23.1 Å². The zero-order valence-corrected chi connectivity index (χ0v) is 19.5. The second kappa shape index (κ2) is 10.3. The Kier molecular flexibility index (Phi) is 7.19. The molecule has 176 valence electrons. The van der Waals surface area contributed by atoms with Gasteiger partial charge in [0, 0.05) is 22.6 Å². The van der Waals surface area contributed by atoms with Crippen LogP contribution >= 0.6 is 23.2 Å². The van der Waals surface area contributed by atoms with Crippen molar-refractivity contribution in [3.63, 3.8) is 0 Å². The fourth-order valence-corrected chi connectivity index (χ4v) is 3.99. The van der Waals surface area contributed by atoms with Crippen molar-refractivity contribution in [2.75, 3.05) is 6.61 Å². The number of amides is 1. The number of ether oxygens (including phenoxy) is 2. The van der Waals surface area contributed by atoms with Crippen LogP contribution in [0.2, 0.25) is 10.0 Å². The Morgan fingerprint density at radius 3 is 2.65 bits per heavy atom. The molecule has 7 nitrogen and oxygen atoms in total. The zero-order valence-electron chi connectivity index (χ0n) is 18.0. The van der Waals surface area contributed by atoms with E-state index in [4.69, 9.17) is 37.1 Å². The van der Waals surface area contributed by atoms with E-state index in [1.165, 1.54) is 30.3 Å². The normalized spacial score (nSPS) is 13.9. The number of nitrogens with one attached hydrogen (secondary N) is 1. The van der Waals surface area contributed by atoms with Gasteiger partial charge in [0.05, 0.1) is 10.7 Å². The summed E-state index contributed by atoms with van der Waals surface area (Å²) in [5.41, 5.74) is 4.27. The van der Waals surface area contributed by atoms with Crippen molar-refractivity contribution in [3.05, 3.63) is 81.0 Å². The number of carbonyl (C=O) groups is 2. The van der Waals surface area contributed by atoms with E-state index in [0.717, 1.165) is 6.42 Å². The van der Waals surface area contributed by atoms with Crippen molar-refractivity contribution < 1.29 is 27.9 Å². The van der Waals surface area contributed by atoms with Gasteiger partial charge in [-0.05, 0) is 62.2 Å². The third kappa shape index (κ3) is 5.40. The predicted octanol–water partition coefficient (Wildman–Crippen LogP) is 5.49. The summed E-state index contributed by atoms with van der Waals surface area (Å²) in [5.74, 6) is -0.472. The number of halogens is 3. The van der Waals surface area contributed by atoms with Gasteiger partial charge in [-0.15, -0.1) is 0 Å². The van der Waals surface area contributed by atoms with Crippen LogP contribution in [0.25, 0.3) is 0 Å². The summed E-state index contributed by atoms with van der Waals surface area (Å²) in [7, 11) is 0. The summed E-state index contributed by atoms with van der Waals surface area (Å²) in [4.78, 5) is 24.9. The van der Waals surface area contributed by atoms with Gasteiger partial charge in [0.25, 0.3) is 5.91 Å². The van der Waals surface area contributed by atoms with Crippen LogP contribution in [-0.2, 0) is 11.2 Å². The second-order valence-corrected chi connectivity index (χ2v) is 8.35. The first-order chi connectivity index (χ1) is 16.3. The van der Waals surface area contributed by atoms with E-state index in [2.05, 4.69) is 10.5 Å². The Balaban J connectivity index is 1.44. The second-order valence-electron chi connectivity index (χ2n) is 7.51. The first kappa shape index (κ1) is 23.8. The summed E-state index contributed by atoms with van der Waals surface area (Å²) in [6, 6.07) is 9.78. The number of rotatable bonds is 6. The van der Waals surface area contributed by atoms with Crippen molar-refractivity contribution >= 4 is 40.8 Å². The molecule has 0 saturated heterocycles. The monoisotopic (exact) mass is 504 g/mol. The maximum Gasteiger partial charge on any atom is 0.379 e. The highest BCUT2D eigenvalue weighted by Crippen LogP contribution is 2.31. The molecule has 0 bridgehead atoms. The number of hydrogen-bond acceptors (Lipinski definition) is 6. The third-order valence-corrected chi connectivity index (χ3v) is 5.63. The largest absolute Gasteiger partial charge is 0.482 e. The molecule has 0 spiro atoms. The Morgan fingerprint density at radius 1 is 1.15 bits per heavy atom. The van der Waals surface area contributed by atoms with Gasteiger partial charge in [0.15, 0.2) is 6.61 Å². The molecule has 1 N–H and O–H groups in total. The molecule has 0 aliphatic heterocycles. The molecule has 1 aliphatic rings. The molecule has 34 heavy (non-hydrogen) atoms. The lowest BCUT2D eigenvalue weighted by molar-refractivity contribution is -0.123. The molecule has 4 rings (SSSR count). The quantitative estimate of drug-likeness (QED) is 0.272. The van der Waals surface area contributed by atoms with Crippen LogP contribution in [-0.4, -0.2) is 24.2 Å². The fraction of sp³-hybridized carbons (Fsp3) is 0.208. The number of nitrogens with zero attached hydrogens (tertiary/aromatic N) is 1. The third-order valence-electron chi connectivity index (χ3n) is 5.10. The molecular formula is C24H19Cl2FN2O5. The van der Waals surface area contributed by atoms with Crippen molar-refractivity contribution in [1.29, 1.82) is 0 Å². The number of aryl methyl sites for hydroxylation is 1. The summed E-state index contributed by atoms with van der Waals surface area (Å²) in [5, 5.41) is 4.98. The molecule has 0 unspecified atom stereocenters. The fourth-order valence-electron chi connectivity index (χ4n) is 3.53. The lowest BCUT2D eigenvalue weighted by Crippen LogP contribution is -2.27. The number of fused-ring (bicyclic) bond motifs is 1. The van der Waals surface area contributed by atoms with E-state index in [1.54, 1.807) is 19.1 Å². The summed E-state index contributed by atoms with van der Waals surface area (Å²) in [6.07, 6.45) is 1.94. The number of carbonyl (C=O) groups excluding carboxylic acids is 2. The molecule has 3 aromatic rings. The average Bonchev–Trinajstić information content (AvgIpc) is 3.16.